The Hall–Kier alpha value is -1.42. The molecule has 4 nitrogen and oxygen atoms in total. The second-order valence-electron chi connectivity index (χ2n) is 2.48. The van der Waals surface area contributed by atoms with E-state index in [2.05, 4.69) is 10.1 Å². The van der Waals surface area contributed by atoms with E-state index in [-0.39, 0.29) is 17.4 Å². The van der Waals surface area contributed by atoms with Crippen LogP contribution in [0.25, 0.3) is 0 Å². The maximum atomic E-state index is 11.0. The predicted octanol–water partition coefficient (Wildman–Crippen LogP) is 2.61. The molecule has 0 aliphatic carbocycles. The summed E-state index contributed by atoms with van der Waals surface area (Å²) in [6.45, 7) is 1.98. The molecule has 5 heteroatoms. The van der Waals surface area contributed by atoms with Gasteiger partial charge in [-0.25, -0.2) is 4.79 Å². The summed E-state index contributed by atoms with van der Waals surface area (Å²) in [5.74, 6) is -0.0824. The number of amides is 1. The highest BCUT2D eigenvalue weighted by atomic mass is 35.5. The van der Waals surface area contributed by atoms with E-state index in [1.54, 1.807) is 19.1 Å². The number of hydrogen-bond acceptors (Lipinski definition) is 3. The average molecular weight is 216 g/mol. The lowest BCUT2D eigenvalue weighted by Crippen LogP contribution is -2.13. The molecule has 0 unspecified atom stereocenters. The monoisotopic (exact) mass is 215 g/mol. The number of benzene rings is 1. The first-order valence-corrected chi connectivity index (χ1v) is 4.44. The molecule has 1 amide bonds. The maximum Gasteiger partial charge on any atom is 0.411 e. The Morgan fingerprint density at radius 1 is 1.64 bits per heavy atom. The molecule has 0 fully saturated rings. The first kappa shape index (κ1) is 10.7. The van der Waals surface area contributed by atoms with Gasteiger partial charge < -0.3 is 9.84 Å². The van der Waals surface area contributed by atoms with Gasteiger partial charge in [-0.15, -0.1) is 0 Å². The van der Waals surface area contributed by atoms with E-state index >= 15 is 0 Å². The first-order chi connectivity index (χ1) is 6.65. The lowest BCUT2D eigenvalue weighted by atomic mass is 10.3. The molecule has 0 radical (unpaired) electrons. The Morgan fingerprint density at radius 3 is 3.00 bits per heavy atom. The van der Waals surface area contributed by atoms with E-state index in [0.29, 0.717) is 5.69 Å². The van der Waals surface area contributed by atoms with Crippen molar-refractivity contribution >= 4 is 23.4 Å². The Bertz CT molecular complexity index is 341. The third-order valence-electron chi connectivity index (χ3n) is 1.49. The van der Waals surface area contributed by atoms with Gasteiger partial charge in [-0.2, -0.15) is 0 Å². The zero-order valence-corrected chi connectivity index (χ0v) is 8.34. The third kappa shape index (κ3) is 2.53. The van der Waals surface area contributed by atoms with E-state index in [1.807, 2.05) is 0 Å². The minimum atomic E-state index is -0.597. The van der Waals surface area contributed by atoms with Crippen molar-refractivity contribution in [2.45, 2.75) is 6.92 Å². The normalized spacial score (nSPS) is 9.57. The molecule has 2 N–H and O–H groups in total. The molecule has 1 aromatic carbocycles. The molecule has 0 heterocycles. The summed E-state index contributed by atoms with van der Waals surface area (Å²) in [6, 6.07) is 4.57. The summed E-state index contributed by atoms with van der Waals surface area (Å²) in [4.78, 5) is 11.0. The van der Waals surface area contributed by atoms with Crippen LogP contribution < -0.4 is 5.32 Å². The molecule has 14 heavy (non-hydrogen) atoms. The van der Waals surface area contributed by atoms with E-state index in [4.69, 9.17) is 11.6 Å². The minimum Gasteiger partial charge on any atom is -0.506 e. The third-order valence-corrected chi connectivity index (χ3v) is 1.89. The van der Waals surface area contributed by atoms with Gasteiger partial charge in [0.1, 0.15) is 10.8 Å². The zero-order valence-electron chi connectivity index (χ0n) is 7.58. The molecule has 76 valence electrons. The van der Waals surface area contributed by atoms with Gasteiger partial charge in [0.2, 0.25) is 0 Å². The van der Waals surface area contributed by atoms with Crippen LogP contribution in [0.15, 0.2) is 18.2 Å². The fraction of sp³-hybridized carbons (Fsp3) is 0.222. The second-order valence-corrected chi connectivity index (χ2v) is 2.86. The molecule has 1 rings (SSSR count). The molecule has 0 bridgehead atoms. The van der Waals surface area contributed by atoms with E-state index < -0.39 is 6.09 Å². The van der Waals surface area contributed by atoms with Crippen LogP contribution in [0.5, 0.6) is 5.75 Å². The summed E-state index contributed by atoms with van der Waals surface area (Å²) in [6.07, 6.45) is -0.597. The van der Waals surface area contributed by atoms with Crippen LogP contribution in [-0.2, 0) is 4.74 Å². The summed E-state index contributed by atoms with van der Waals surface area (Å²) in [7, 11) is 0. The highest BCUT2D eigenvalue weighted by molar-refractivity contribution is 6.35. The molecule has 0 atom stereocenters. The standard InChI is InChI=1S/C9H10ClNO3/c1-2-14-9(13)11-6-4-3-5-7(12)8(6)10/h3-5,12H,2H2,1H3,(H,11,13). The summed E-state index contributed by atoms with van der Waals surface area (Å²) >= 11 is 5.72. The fourth-order valence-electron chi connectivity index (χ4n) is 0.893. The van der Waals surface area contributed by atoms with E-state index in [9.17, 15) is 9.90 Å². The van der Waals surface area contributed by atoms with E-state index in [0.717, 1.165) is 0 Å². The molecule has 0 saturated heterocycles. The Balaban J connectivity index is 2.76. The van der Waals surface area contributed by atoms with Crippen LogP contribution in [0.2, 0.25) is 5.02 Å². The Morgan fingerprint density at radius 2 is 2.36 bits per heavy atom. The maximum absolute atomic E-state index is 11.0. The van der Waals surface area contributed by atoms with Crippen LogP contribution in [0.4, 0.5) is 10.5 Å². The molecule has 0 spiro atoms. The number of nitrogens with one attached hydrogen (secondary N) is 1. The summed E-state index contributed by atoms with van der Waals surface area (Å²) in [5.41, 5.74) is 0.324. The average Bonchev–Trinajstić information content (AvgIpc) is 2.13. The van der Waals surface area contributed by atoms with Crippen LogP contribution >= 0.6 is 11.6 Å². The van der Waals surface area contributed by atoms with Crippen LogP contribution in [0, 0.1) is 0 Å². The van der Waals surface area contributed by atoms with Crippen LogP contribution in [0.3, 0.4) is 0 Å². The van der Waals surface area contributed by atoms with Gasteiger partial charge in [-0.1, -0.05) is 17.7 Å². The van der Waals surface area contributed by atoms with Gasteiger partial charge >= 0.3 is 6.09 Å². The Labute approximate surface area is 86.4 Å². The number of aromatic hydroxyl groups is 1. The highest BCUT2D eigenvalue weighted by Crippen LogP contribution is 2.30. The van der Waals surface area contributed by atoms with Gasteiger partial charge in [0.25, 0.3) is 0 Å². The SMILES string of the molecule is CCOC(=O)Nc1cccc(O)c1Cl. The highest BCUT2D eigenvalue weighted by Gasteiger charge is 2.08. The van der Waals surface area contributed by atoms with Crippen molar-refractivity contribution in [3.8, 4) is 5.75 Å². The lowest BCUT2D eigenvalue weighted by Gasteiger charge is -2.07. The molecular weight excluding hydrogens is 206 g/mol. The van der Waals surface area contributed by atoms with Gasteiger partial charge in [0, 0.05) is 0 Å². The lowest BCUT2D eigenvalue weighted by molar-refractivity contribution is 0.168. The van der Waals surface area contributed by atoms with Crippen LogP contribution in [-0.4, -0.2) is 17.8 Å². The smallest absolute Gasteiger partial charge is 0.411 e. The molecule has 0 aliphatic heterocycles. The number of carbonyl (C=O) groups excluding carboxylic acids is 1. The first-order valence-electron chi connectivity index (χ1n) is 4.06. The largest absolute Gasteiger partial charge is 0.506 e. The number of rotatable bonds is 2. The van der Waals surface area contributed by atoms with Crippen molar-refractivity contribution in [1.82, 2.24) is 0 Å². The molecule has 0 aliphatic rings. The number of halogens is 1. The van der Waals surface area contributed by atoms with Crippen molar-refractivity contribution in [2.24, 2.45) is 0 Å². The fourth-order valence-corrected chi connectivity index (χ4v) is 1.07. The van der Waals surface area contributed by atoms with Crippen LogP contribution in [0.1, 0.15) is 6.92 Å². The number of phenolic OH excluding ortho intramolecular Hbond substituents is 1. The number of hydrogen-bond donors (Lipinski definition) is 2. The van der Waals surface area contributed by atoms with Crippen molar-refractivity contribution in [3.05, 3.63) is 23.2 Å². The summed E-state index contributed by atoms with van der Waals surface area (Å²) < 4.78 is 4.65. The van der Waals surface area contributed by atoms with Crippen molar-refractivity contribution in [1.29, 1.82) is 0 Å². The number of carbonyl (C=O) groups is 1. The van der Waals surface area contributed by atoms with Crippen molar-refractivity contribution in [2.75, 3.05) is 11.9 Å². The van der Waals surface area contributed by atoms with Crippen molar-refractivity contribution in [3.63, 3.8) is 0 Å². The molecule has 0 aromatic heterocycles. The summed E-state index contributed by atoms with van der Waals surface area (Å²) in [5, 5.41) is 11.7. The predicted molar refractivity (Wildman–Crippen MR) is 53.8 cm³/mol. The van der Waals surface area contributed by atoms with Gasteiger partial charge in [-0.05, 0) is 19.1 Å². The Kier molecular flexibility index (Phi) is 3.59. The minimum absolute atomic E-state index is 0.0824. The number of phenols is 1. The molecular formula is C9H10ClNO3. The van der Waals surface area contributed by atoms with Gasteiger partial charge in [0.05, 0.1) is 12.3 Å². The number of anilines is 1. The van der Waals surface area contributed by atoms with Crippen molar-refractivity contribution < 1.29 is 14.6 Å². The second kappa shape index (κ2) is 4.72. The van der Waals surface area contributed by atoms with Gasteiger partial charge in [-0.3, -0.25) is 5.32 Å². The quantitative estimate of drug-likeness (QED) is 0.797. The molecule has 0 saturated carbocycles. The van der Waals surface area contributed by atoms with Gasteiger partial charge in [0.15, 0.2) is 0 Å². The zero-order chi connectivity index (χ0) is 10.6. The van der Waals surface area contributed by atoms with E-state index in [1.165, 1.54) is 6.07 Å². The topological polar surface area (TPSA) is 58.6 Å². The number of ether oxygens (including phenoxy) is 1. The molecule has 1 aromatic rings.